The van der Waals surface area contributed by atoms with Crippen LogP contribution in [-0.4, -0.2) is 30.8 Å². The van der Waals surface area contributed by atoms with Crippen molar-refractivity contribution in [2.45, 2.75) is 30.6 Å². The first-order valence-electron chi connectivity index (χ1n) is 10.6. The molecule has 182 valence electrons. The number of ketones is 1. The van der Waals surface area contributed by atoms with Crippen LogP contribution in [0, 0.1) is 17.5 Å². The van der Waals surface area contributed by atoms with E-state index >= 15 is 0 Å². The summed E-state index contributed by atoms with van der Waals surface area (Å²) in [7, 11) is -4.10. The Balaban J connectivity index is 1.74. The Morgan fingerprint density at radius 3 is 2.40 bits per heavy atom. The molecule has 0 saturated heterocycles. The highest BCUT2D eigenvalue weighted by molar-refractivity contribution is 7.93. The molecule has 2 heterocycles. The van der Waals surface area contributed by atoms with E-state index in [2.05, 4.69) is 9.98 Å². The lowest BCUT2D eigenvalue weighted by molar-refractivity contribution is 0.0988. The third-order valence-corrected chi connectivity index (χ3v) is 8.94. The van der Waals surface area contributed by atoms with Gasteiger partial charge in [-0.3, -0.25) is 14.8 Å². The van der Waals surface area contributed by atoms with Crippen molar-refractivity contribution >= 4 is 21.5 Å². The number of nitrogens with zero attached hydrogens (tertiary/aromatic N) is 2. The molecule has 4 rings (SSSR count). The Labute approximate surface area is 200 Å². The molecule has 0 spiro atoms. The van der Waals surface area contributed by atoms with Crippen molar-refractivity contribution in [1.29, 1.82) is 0 Å². The van der Waals surface area contributed by atoms with Gasteiger partial charge in [0.15, 0.2) is 20.4 Å². The molecule has 0 fully saturated rings. The zero-order valence-electron chi connectivity index (χ0n) is 18.9. The fraction of sp³-hybridized carbons (Fsp3) is 0.240. The van der Waals surface area contributed by atoms with Crippen molar-refractivity contribution in [3.63, 3.8) is 0 Å². The summed E-state index contributed by atoms with van der Waals surface area (Å²) in [5, 5.41) is 0. The number of hydrogen-bond acceptors (Lipinski definition) is 6. The van der Waals surface area contributed by atoms with E-state index in [4.69, 9.17) is 5.73 Å². The van der Waals surface area contributed by atoms with Gasteiger partial charge in [0.25, 0.3) is 0 Å². The van der Waals surface area contributed by atoms with Gasteiger partial charge in [-0.15, -0.1) is 0 Å². The fourth-order valence-corrected chi connectivity index (χ4v) is 6.34. The van der Waals surface area contributed by atoms with Crippen molar-refractivity contribution < 1.29 is 26.4 Å². The van der Waals surface area contributed by atoms with Crippen LogP contribution in [0.3, 0.4) is 0 Å². The van der Waals surface area contributed by atoms with Gasteiger partial charge in [0.1, 0.15) is 34.5 Å². The zero-order chi connectivity index (χ0) is 25.6. The number of carbonyl (C=O) groups is 1. The number of Topliss-reactive ketones (excluding diaryl/α,β-unsaturated/α-hetero) is 1. The largest absolute Gasteiger partial charge is 0.386 e. The molecule has 0 aliphatic carbocycles. The Hall–Kier alpha value is -3.53. The number of pyridine rings is 1. The summed E-state index contributed by atoms with van der Waals surface area (Å²) < 4.78 is 67.1. The lowest BCUT2D eigenvalue weighted by Crippen LogP contribution is -2.54. The number of aliphatic imine (C=N–C) groups is 1. The summed E-state index contributed by atoms with van der Waals surface area (Å²) in [6.07, 6.45) is 0.749. The third-order valence-electron chi connectivity index (χ3n) is 6.31. The van der Waals surface area contributed by atoms with Gasteiger partial charge in [0.05, 0.1) is 11.9 Å². The van der Waals surface area contributed by atoms with Crippen LogP contribution >= 0.6 is 0 Å². The van der Waals surface area contributed by atoms with Crippen LogP contribution in [0.4, 0.5) is 13.2 Å². The molecule has 6 nitrogen and oxygen atoms in total. The third kappa shape index (κ3) is 4.34. The van der Waals surface area contributed by atoms with Crippen LogP contribution < -0.4 is 5.73 Å². The molecule has 1 aliphatic rings. The molecule has 2 aromatic carbocycles. The average molecular weight is 502 g/mol. The van der Waals surface area contributed by atoms with Gasteiger partial charge >= 0.3 is 0 Å². The average Bonchev–Trinajstić information content (AvgIpc) is 2.78. The minimum absolute atomic E-state index is 0.0388. The number of rotatable bonds is 5. The summed E-state index contributed by atoms with van der Waals surface area (Å²) in [5.74, 6) is -3.25. The molecule has 10 heteroatoms. The molecule has 0 saturated carbocycles. The predicted molar refractivity (Wildman–Crippen MR) is 125 cm³/mol. The van der Waals surface area contributed by atoms with E-state index in [-0.39, 0.29) is 29.1 Å². The molecule has 0 bridgehead atoms. The molecule has 1 aromatic heterocycles. The summed E-state index contributed by atoms with van der Waals surface area (Å²) >= 11 is 0. The normalized spacial score (nSPS) is 23.5. The number of nitrogens with two attached hydrogens (primary N) is 1. The van der Waals surface area contributed by atoms with E-state index in [9.17, 15) is 26.4 Å². The summed E-state index contributed by atoms with van der Waals surface area (Å²) in [4.78, 5) is 20.7. The SMILES string of the molecule is C[C@@]1(c2cc(CC(=O)c3ccc(F)cn3)ccc2F)CS(=O)(=O)[C@@](C)(c2cccc(F)c2)C(N)=N1. The Kier molecular flexibility index (Phi) is 6.04. The molecular weight excluding hydrogens is 479 g/mol. The second-order valence-electron chi connectivity index (χ2n) is 8.85. The van der Waals surface area contributed by atoms with Crippen LogP contribution in [0.5, 0.6) is 0 Å². The quantitative estimate of drug-likeness (QED) is 0.535. The van der Waals surface area contributed by atoms with Crippen molar-refractivity contribution in [2.24, 2.45) is 10.7 Å². The van der Waals surface area contributed by atoms with E-state index < -0.39 is 49.1 Å². The number of carbonyl (C=O) groups excluding carboxylic acids is 1. The zero-order valence-corrected chi connectivity index (χ0v) is 19.7. The summed E-state index contributed by atoms with van der Waals surface area (Å²) in [6, 6.07) is 11.3. The van der Waals surface area contributed by atoms with E-state index in [1.165, 1.54) is 50.2 Å². The summed E-state index contributed by atoms with van der Waals surface area (Å²) in [6.45, 7) is 2.78. The molecule has 2 atom stereocenters. The van der Waals surface area contributed by atoms with Gasteiger partial charge in [-0.05, 0) is 61.4 Å². The van der Waals surface area contributed by atoms with Crippen molar-refractivity contribution in [3.05, 3.63) is 101 Å². The topological polar surface area (TPSA) is 102 Å². The van der Waals surface area contributed by atoms with Gasteiger partial charge in [0.2, 0.25) is 0 Å². The monoisotopic (exact) mass is 501 g/mol. The molecule has 3 aromatic rings. The Bertz CT molecular complexity index is 1460. The van der Waals surface area contributed by atoms with Crippen LogP contribution in [0.2, 0.25) is 0 Å². The van der Waals surface area contributed by atoms with Gasteiger partial charge in [-0.25, -0.2) is 21.6 Å². The van der Waals surface area contributed by atoms with Gasteiger partial charge in [-0.2, -0.15) is 0 Å². The molecular formula is C25H22F3N3O3S. The Morgan fingerprint density at radius 2 is 1.77 bits per heavy atom. The van der Waals surface area contributed by atoms with Crippen molar-refractivity contribution in [2.75, 3.05) is 5.75 Å². The minimum atomic E-state index is -4.10. The second-order valence-corrected chi connectivity index (χ2v) is 11.2. The Morgan fingerprint density at radius 1 is 1.03 bits per heavy atom. The molecule has 0 unspecified atom stereocenters. The van der Waals surface area contributed by atoms with Crippen LogP contribution in [0.15, 0.2) is 65.8 Å². The number of halogens is 3. The first-order chi connectivity index (χ1) is 16.4. The lowest BCUT2D eigenvalue weighted by atomic mass is 9.90. The summed E-state index contributed by atoms with van der Waals surface area (Å²) in [5.41, 5.74) is 5.08. The van der Waals surface area contributed by atoms with Crippen molar-refractivity contribution in [3.8, 4) is 0 Å². The maximum Gasteiger partial charge on any atom is 0.185 e. The highest BCUT2D eigenvalue weighted by atomic mass is 32.2. The highest BCUT2D eigenvalue weighted by Crippen LogP contribution is 2.43. The first-order valence-corrected chi connectivity index (χ1v) is 12.3. The van der Waals surface area contributed by atoms with Gasteiger partial charge in [-0.1, -0.05) is 18.2 Å². The van der Waals surface area contributed by atoms with E-state index in [0.29, 0.717) is 5.56 Å². The molecule has 35 heavy (non-hydrogen) atoms. The smallest absolute Gasteiger partial charge is 0.185 e. The number of aromatic nitrogens is 1. The predicted octanol–water partition coefficient (Wildman–Crippen LogP) is 3.84. The maximum absolute atomic E-state index is 15.0. The van der Waals surface area contributed by atoms with Crippen LogP contribution in [-0.2, 0) is 26.5 Å². The fourth-order valence-electron chi connectivity index (χ4n) is 4.24. The molecule has 0 radical (unpaired) electrons. The molecule has 0 amide bonds. The first kappa shape index (κ1) is 24.6. The van der Waals surface area contributed by atoms with Crippen LogP contribution in [0.1, 0.15) is 41.0 Å². The molecule has 2 N–H and O–H groups in total. The van der Waals surface area contributed by atoms with Gasteiger partial charge in [0, 0.05) is 12.0 Å². The van der Waals surface area contributed by atoms with Crippen LogP contribution in [0.25, 0.3) is 0 Å². The number of amidine groups is 1. The number of sulfone groups is 1. The standard InChI is InChI=1S/C25H22F3N3O3S/c1-24(14-35(33,34)25(2,23(29)31-24)16-4-3-5-17(26)12-16)19-10-15(6-8-20(19)28)11-22(32)21-9-7-18(27)13-30-21/h3-10,12-13H,11,14H2,1-2H3,(H2,29,31)/t24-,25-/m0/s1. The van der Waals surface area contributed by atoms with E-state index in [1.807, 2.05) is 0 Å². The van der Waals surface area contributed by atoms with Gasteiger partial charge < -0.3 is 5.73 Å². The maximum atomic E-state index is 15.0. The van der Waals surface area contributed by atoms with E-state index in [1.54, 1.807) is 0 Å². The van der Waals surface area contributed by atoms with Crippen molar-refractivity contribution in [1.82, 2.24) is 4.98 Å². The van der Waals surface area contributed by atoms with E-state index in [0.717, 1.165) is 24.4 Å². The number of hydrogen-bond donors (Lipinski definition) is 1. The molecule has 1 aliphatic heterocycles. The highest BCUT2D eigenvalue weighted by Gasteiger charge is 2.53. The second kappa shape index (κ2) is 8.60. The lowest BCUT2D eigenvalue weighted by Gasteiger charge is -2.40. The minimum Gasteiger partial charge on any atom is -0.386 e. The number of benzene rings is 2.